The van der Waals surface area contributed by atoms with Crippen molar-refractivity contribution in [1.29, 1.82) is 0 Å². The number of hydrogen-bond donors (Lipinski definition) is 2. The first-order valence-electron chi connectivity index (χ1n) is 10.0. The highest BCUT2D eigenvalue weighted by molar-refractivity contribution is 6.39. The molecule has 11 heteroatoms. The predicted octanol–water partition coefficient (Wildman–Crippen LogP) is 2.80. The van der Waals surface area contributed by atoms with E-state index in [0.29, 0.717) is 17.4 Å². The molecule has 1 aliphatic heterocycles. The van der Waals surface area contributed by atoms with Crippen molar-refractivity contribution in [2.75, 3.05) is 25.0 Å². The van der Waals surface area contributed by atoms with Crippen molar-refractivity contribution in [1.82, 2.24) is 10.3 Å². The zero-order chi connectivity index (χ0) is 23.8. The normalized spacial score (nSPS) is 13.7. The van der Waals surface area contributed by atoms with E-state index >= 15 is 0 Å². The van der Waals surface area contributed by atoms with E-state index < -0.39 is 23.6 Å². The highest BCUT2D eigenvalue weighted by atomic mass is 19.4. The van der Waals surface area contributed by atoms with Crippen LogP contribution in [0.5, 0.6) is 5.75 Å². The van der Waals surface area contributed by atoms with Crippen LogP contribution in [0.25, 0.3) is 0 Å². The zero-order valence-corrected chi connectivity index (χ0v) is 17.4. The van der Waals surface area contributed by atoms with E-state index in [-0.39, 0.29) is 18.2 Å². The number of nitrogens with one attached hydrogen (secondary N) is 2. The second kappa shape index (κ2) is 10.6. The number of hydrazone groups is 1. The molecule has 0 aliphatic carbocycles. The molecule has 174 valence electrons. The van der Waals surface area contributed by atoms with Gasteiger partial charge in [-0.15, -0.1) is 0 Å². The van der Waals surface area contributed by atoms with Gasteiger partial charge in [0.15, 0.2) is 6.61 Å². The first-order valence-corrected chi connectivity index (χ1v) is 10.0. The summed E-state index contributed by atoms with van der Waals surface area (Å²) < 4.78 is 43.7. The van der Waals surface area contributed by atoms with Crippen molar-refractivity contribution in [3.8, 4) is 5.75 Å². The highest BCUT2D eigenvalue weighted by Gasteiger charge is 2.30. The van der Waals surface area contributed by atoms with Crippen LogP contribution in [0.1, 0.15) is 24.0 Å². The lowest BCUT2D eigenvalue weighted by Gasteiger charge is -2.15. The maximum atomic E-state index is 12.7. The quantitative estimate of drug-likeness (QED) is 0.392. The van der Waals surface area contributed by atoms with E-state index in [1.807, 2.05) is 5.43 Å². The van der Waals surface area contributed by atoms with Gasteiger partial charge >= 0.3 is 18.0 Å². The summed E-state index contributed by atoms with van der Waals surface area (Å²) in [5.41, 5.74) is 1.39. The fourth-order valence-corrected chi connectivity index (χ4v) is 3.06. The number of halogens is 3. The third kappa shape index (κ3) is 7.06. The molecule has 0 saturated carbocycles. The molecular formula is C22H21F3N4O4. The smallest absolute Gasteiger partial charge is 0.416 e. The molecule has 2 aromatic carbocycles. The van der Waals surface area contributed by atoms with Gasteiger partial charge in [0, 0.05) is 18.8 Å². The largest absolute Gasteiger partial charge is 0.484 e. The number of ether oxygens (including phenoxy) is 1. The average molecular weight is 462 g/mol. The Kier molecular flexibility index (Phi) is 7.65. The highest BCUT2D eigenvalue weighted by Crippen LogP contribution is 2.30. The molecule has 2 aromatic rings. The van der Waals surface area contributed by atoms with Crippen LogP contribution < -0.4 is 15.5 Å². The number of benzene rings is 2. The van der Waals surface area contributed by atoms with Crippen molar-refractivity contribution in [3.63, 3.8) is 0 Å². The summed E-state index contributed by atoms with van der Waals surface area (Å²) in [6.07, 6.45) is -1.35. The van der Waals surface area contributed by atoms with Crippen molar-refractivity contribution in [2.45, 2.75) is 19.0 Å². The number of carbonyl (C=O) groups excluding carboxylic acids is 3. The summed E-state index contributed by atoms with van der Waals surface area (Å²) >= 11 is 0. The number of hydrogen-bond acceptors (Lipinski definition) is 5. The summed E-state index contributed by atoms with van der Waals surface area (Å²) in [7, 11) is 0. The average Bonchev–Trinajstić information content (AvgIpc) is 3.32. The van der Waals surface area contributed by atoms with Gasteiger partial charge in [0.25, 0.3) is 5.91 Å². The van der Waals surface area contributed by atoms with Crippen LogP contribution in [-0.2, 0) is 20.6 Å². The van der Waals surface area contributed by atoms with Gasteiger partial charge in [0.05, 0.1) is 11.8 Å². The number of amides is 3. The van der Waals surface area contributed by atoms with Crippen molar-refractivity contribution in [3.05, 3.63) is 59.7 Å². The molecule has 0 unspecified atom stereocenters. The Hall–Kier alpha value is -3.89. The van der Waals surface area contributed by atoms with Gasteiger partial charge in [0.1, 0.15) is 5.75 Å². The van der Waals surface area contributed by atoms with Crippen LogP contribution >= 0.6 is 0 Å². The third-order valence-electron chi connectivity index (χ3n) is 4.71. The monoisotopic (exact) mass is 462 g/mol. The molecule has 0 bridgehead atoms. The summed E-state index contributed by atoms with van der Waals surface area (Å²) in [6.45, 7) is 1.37. The Bertz CT molecular complexity index is 1050. The Balaban J connectivity index is 1.50. The van der Waals surface area contributed by atoms with Crippen LogP contribution in [-0.4, -0.2) is 48.5 Å². The molecule has 0 atom stereocenters. The van der Waals surface area contributed by atoms with E-state index in [9.17, 15) is 27.6 Å². The lowest BCUT2D eigenvalue weighted by Crippen LogP contribution is -2.32. The number of rotatable bonds is 6. The van der Waals surface area contributed by atoms with E-state index in [1.54, 1.807) is 29.2 Å². The molecule has 8 nitrogen and oxygen atoms in total. The molecule has 0 aromatic heterocycles. The lowest BCUT2D eigenvalue weighted by molar-refractivity contribution is -0.137. The van der Waals surface area contributed by atoms with Crippen LogP contribution in [0, 0.1) is 0 Å². The Morgan fingerprint density at radius 2 is 1.76 bits per heavy atom. The molecule has 3 rings (SSSR count). The van der Waals surface area contributed by atoms with Crippen molar-refractivity contribution < 1.29 is 32.3 Å². The zero-order valence-electron chi connectivity index (χ0n) is 17.4. The van der Waals surface area contributed by atoms with Gasteiger partial charge in [0.2, 0.25) is 0 Å². The molecule has 0 radical (unpaired) electrons. The second-order valence-corrected chi connectivity index (χ2v) is 7.18. The molecule has 1 aliphatic rings. The first-order chi connectivity index (χ1) is 15.7. The SMILES string of the molecule is O=C(N/N=C/c1cccc(OCC(=O)N2CCCC2)c1)C(=O)Nc1cccc(C(F)(F)F)c1. The summed E-state index contributed by atoms with van der Waals surface area (Å²) in [6, 6.07) is 10.5. The lowest BCUT2D eigenvalue weighted by atomic mass is 10.2. The van der Waals surface area contributed by atoms with Gasteiger partial charge in [-0.25, -0.2) is 5.43 Å². The predicted molar refractivity (Wildman–Crippen MR) is 114 cm³/mol. The van der Waals surface area contributed by atoms with Gasteiger partial charge in [-0.05, 0) is 48.7 Å². The summed E-state index contributed by atoms with van der Waals surface area (Å²) in [5.74, 6) is -2.00. The van der Waals surface area contributed by atoms with Crippen LogP contribution in [0.3, 0.4) is 0 Å². The first kappa shape index (κ1) is 23.8. The minimum Gasteiger partial charge on any atom is -0.484 e. The molecule has 0 spiro atoms. The van der Waals surface area contributed by atoms with Crippen molar-refractivity contribution in [2.24, 2.45) is 5.10 Å². The Morgan fingerprint density at radius 1 is 1.03 bits per heavy atom. The number of carbonyl (C=O) groups is 3. The molecule has 1 saturated heterocycles. The number of alkyl halides is 3. The van der Waals surface area contributed by atoms with E-state index in [0.717, 1.165) is 38.1 Å². The molecule has 2 N–H and O–H groups in total. The number of nitrogens with zero attached hydrogens (tertiary/aromatic N) is 2. The van der Waals surface area contributed by atoms with Gasteiger partial charge in [-0.1, -0.05) is 18.2 Å². The topological polar surface area (TPSA) is 100 Å². The Labute approximate surface area is 187 Å². The fourth-order valence-electron chi connectivity index (χ4n) is 3.06. The third-order valence-corrected chi connectivity index (χ3v) is 4.71. The minimum atomic E-state index is -4.58. The number of anilines is 1. The van der Waals surface area contributed by atoms with Gasteiger partial charge in [-0.3, -0.25) is 14.4 Å². The molecule has 33 heavy (non-hydrogen) atoms. The minimum absolute atomic E-state index is 0.0902. The maximum absolute atomic E-state index is 12.7. The van der Waals surface area contributed by atoms with Gasteiger partial charge in [-0.2, -0.15) is 18.3 Å². The molecular weight excluding hydrogens is 441 g/mol. The van der Waals surface area contributed by atoms with Crippen LogP contribution in [0.4, 0.5) is 18.9 Å². The standard InChI is InChI=1S/C22H21F3N4O4/c23-22(24,25)16-6-4-7-17(12-16)27-20(31)21(32)28-26-13-15-5-3-8-18(11-15)33-14-19(30)29-9-1-2-10-29/h3-8,11-13H,1-2,9-10,14H2,(H,27,31)(H,28,32)/b26-13+. The van der Waals surface area contributed by atoms with E-state index in [4.69, 9.17) is 4.74 Å². The molecule has 1 fully saturated rings. The molecule has 1 heterocycles. The second-order valence-electron chi connectivity index (χ2n) is 7.18. The van der Waals surface area contributed by atoms with Crippen LogP contribution in [0.15, 0.2) is 53.6 Å². The summed E-state index contributed by atoms with van der Waals surface area (Å²) in [4.78, 5) is 37.5. The van der Waals surface area contributed by atoms with Crippen LogP contribution in [0.2, 0.25) is 0 Å². The Morgan fingerprint density at radius 3 is 2.48 bits per heavy atom. The molecule has 3 amide bonds. The fraction of sp³-hybridized carbons (Fsp3) is 0.273. The maximum Gasteiger partial charge on any atom is 0.416 e. The van der Waals surface area contributed by atoms with E-state index in [2.05, 4.69) is 10.4 Å². The van der Waals surface area contributed by atoms with Crippen molar-refractivity contribution >= 4 is 29.6 Å². The summed E-state index contributed by atoms with van der Waals surface area (Å²) in [5, 5.41) is 5.75. The van der Waals surface area contributed by atoms with Gasteiger partial charge < -0.3 is 15.0 Å². The van der Waals surface area contributed by atoms with E-state index in [1.165, 1.54) is 12.3 Å². The number of likely N-dealkylation sites (tertiary alicyclic amines) is 1.